The Balaban J connectivity index is 2.39. The fourth-order valence-electron chi connectivity index (χ4n) is 1.45. The van der Waals surface area contributed by atoms with Crippen molar-refractivity contribution in [1.82, 2.24) is 5.32 Å². The van der Waals surface area contributed by atoms with E-state index in [1.807, 2.05) is 0 Å². The van der Waals surface area contributed by atoms with Crippen LogP contribution < -0.4 is 5.32 Å². The van der Waals surface area contributed by atoms with Gasteiger partial charge in [-0.25, -0.2) is 8.42 Å². The number of hydrogen-bond donors (Lipinski definition) is 1. The van der Waals surface area contributed by atoms with E-state index >= 15 is 0 Å². The van der Waals surface area contributed by atoms with Gasteiger partial charge in [0.2, 0.25) is 5.91 Å². The first-order valence-corrected chi connectivity index (χ1v) is 7.37. The molecule has 0 spiro atoms. The van der Waals surface area contributed by atoms with Crippen LogP contribution in [0.1, 0.15) is 19.8 Å². The van der Waals surface area contributed by atoms with E-state index < -0.39 is 9.84 Å². The Bertz CT molecular complexity index is 314. The van der Waals surface area contributed by atoms with Gasteiger partial charge in [-0.1, -0.05) is 6.92 Å². The number of rotatable bonds is 3. The van der Waals surface area contributed by atoms with Crippen LogP contribution in [-0.4, -0.2) is 37.8 Å². The molecule has 0 radical (unpaired) electrons. The monoisotopic (exact) mass is 253 g/mol. The highest BCUT2D eigenvalue weighted by molar-refractivity contribution is 7.91. The second kappa shape index (κ2) is 5.16. The summed E-state index contributed by atoms with van der Waals surface area (Å²) in [5, 5.41) is 2.82. The third-order valence-corrected chi connectivity index (χ3v) is 4.76. The van der Waals surface area contributed by atoms with Crippen molar-refractivity contribution in [2.45, 2.75) is 25.8 Å². The first-order valence-electron chi connectivity index (χ1n) is 5.01. The van der Waals surface area contributed by atoms with Crippen molar-refractivity contribution in [2.24, 2.45) is 5.92 Å². The Morgan fingerprint density at radius 3 is 2.47 bits per heavy atom. The molecule has 0 aromatic rings. The SMILES string of the molecule is CC(CCl)C(=O)NC1CCS(=O)(=O)CC1. The van der Waals surface area contributed by atoms with Gasteiger partial charge in [0.25, 0.3) is 0 Å². The number of hydrogen-bond acceptors (Lipinski definition) is 3. The molecule has 1 saturated heterocycles. The van der Waals surface area contributed by atoms with Crippen molar-refractivity contribution in [1.29, 1.82) is 0 Å². The van der Waals surface area contributed by atoms with E-state index in [1.54, 1.807) is 6.92 Å². The summed E-state index contributed by atoms with van der Waals surface area (Å²) >= 11 is 5.55. The van der Waals surface area contributed by atoms with Crippen LogP contribution in [0.15, 0.2) is 0 Å². The minimum absolute atomic E-state index is 0.00769. The molecule has 15 heavy (non-hydrogen) atoms. The van der Waals surface area contributed by atoms with Crippen LogP contribution in [-0.2, 0) is 14.6 Å². The molecule has 1 unspecified atom stereocenters. The summed E-state index contributed by atoms with van der Waals surface area (Å²) < 4.78 is 22.3. The molecule has 4 nitrogen and oxygen atoms in total. The molecule has 1 aliphatic heterocycles. The lowest BCUT2D eigenvalue weighted by Gasteiger charge is -2.24. The van der Waals surface area contributed by atoms with Gasteiger partial charge in [0.1, 0.15) is 9.84 Å². The van der Waals surface area contributed by atoms with Gasteiger partial charge in [-0.05, 0) is 12.8 Å². The van der Waals surface area contributed by atoms with Gasteiger partial charge in [-0.15, -0.1) is 11.6 Å². The molecule has 1 aliphatic rings. The van der Waals surface area contributed by atoms with Gasteiger partial charge in [0, 0.05) is 17.8 Å². The van der Waals surface area contributed by atoms with Gasteiger partial charge >= 0.3 is 0 Å². The van der Waals surface area contributed by atoms with E-state index in [0.29, 0.717) is 12.8 Å². The van der Waals surface area contributed by atoms with E-state index in [1.165, 1.54) is 0 Å². The Morgan fingerprint density at radius 1 is 1.47 bits per heavy atom. The zero-order chi connectivity index (χ0) is 11.5. The Labute approximate surface area is 95.3 Å². The Hall–Kier alpha value is -0.290. The van der Waals surface area contributed by atoms with Crippen LogP contribution in [0.4, 0.5) is 0 Å². The predicted molar refractivity (Wildman–Crippen MR) is 59.7 cm³/mol. The quantitative estimate of drug-likeness (QED) is 0.748. The summed E-state index contributed by atoms with van der Waals surface area (Å²) in [5.41, 5.74) is 0. The molecule has 0 bridgehead atoms. The van der Waals surface area contributed by atoms with Crippen LogP contribution in [0.2, 0.25) is 0 Å². The van der Waals surface area contributed by atoms with Crippen molar-refractivity contribution >= 4 is 27.3 Å². The molecular formula is C9H16ClNO3S. The number of nitrogens with one attached hydrogen (secondary N) is 1. The molecule has 88 valence electrons. The maximum absolute atomic E-state index is 11.5. The summed E-state index contributed by atoms with van der Waals surface area (Å²) in [6, 6.07) is -0.00769. The molecule has 0 saturated carbocycles. The van der Waals surface area contributed by atoms with E-state index in [-0.39, 0.29) is 35.3 Å². The zero-order valence-electron chi connectivity index (χ0n) is 8.70. The molecule has 6 heteroatoms. The van der Waals surface area contributed by atoms with E-state index in [0.717, 1.165) is 0 Å². The van der Waals surface area contributed by atoms with Gasteiger partial charge in [0.05, 0.1) is 11.5 Å². The summed E-state index contributed by atoms with van der Waals surface area (Å²) in [4.78, 5) is 11.5. The van der Waals surface area contributed by atoms with Crippen LogP contribution in [0.3, 0.4) is 0 Å². The number of sulfone groups is 1. The number of carbonyl (C=O) groups excluding carboxylic acids is 1. The second-order valence-electron chi connectivity index (χ2n) is 3.99. The fraction of sp³-hybridized carbons (Fsp3) is 0.889. The highest BCUT2D eigenvalue weighted by atomic mass is 35.5. The standard InChI is InChI=1S/C9H16ClNO3S/c1-7(6-10)9(12)11-8-2-4-15(13,14)5-3-8/h7-8H,2-6H2,1H3,(H,11,12). The molecule has 1 N–H and O–H groups in total. The third kappa shape index (κ3) is 3.99. The summed E-state index contributed by atoms with van der Waals surface area (Å²) in [6.45, 7) is 1.75. The molecule has 0 aliphatic carbocycles. The zero-order valence-corrected chi connectivity index (χ0v) is 10.3. The van der Waals surface area contributed by atoms with Crippen LogP contribution in [0.25, 0.3) is 0 Å². The molecule has 1 atom stereocenters. The van der Waals surface area contributed by atoms with E-state index in [4.69, 9.17) is 11.6 Å². The number of halogens is 1. The van der Waals surface area contributed by atoms with E-state index in [2.05, 4.69) is 5.32 Å². The van der Waals surface area contributed by atoms with Gasteiger partial charge < -0.3 is 5.32 Å². The largest absolute Gasteiger partial charge is 0.353 e. The number of amides is 1. The van der Waals surface area contributed by atoms with Crippen molar-refractivity contribution in [3.05, 3.63) is 0 Å². The van der Waals surface area contributed by atoms with Crippen molar-refractivity contribution in [3.8, 4) is 0 Å². The maximum Gasteiger partial charge on any atom is 0.224 e. The molecule has 1 heterocycles. The lowest BCUT2D eigenvalue weighted by Crippen LogP contribution is -2.43. The highest BCUT2D eigenvalue weighted by Gasteiger charge is 2.25. The van der Waals surface area contributed by atoms with Gasteiger partial charge in [-0.3, -0.25) is 4.79 Å². The van der Waals surface area contributed by atoms with Crippen LogP contribution in [0, 0.1) is 5.92 Å². The predicted octanol–water partition coefficient (Wildman–Crippen LogP) is 0.555. The lowest BCUT2D eigenvalue weighted by atomic mass is 10.1. The summed E-state index contributed by atoms with van der Waals surface area (Å²) in [7, 11) is -2.85. The molecule has 1 rings (SSSR count). The Kier molecular flexibility index (Phi) is 4.40. The number of alkyl halides is 1. The highest BCUT2D eigenvalue weighted by Crippen LogP contribution is 2.12. The maximum atomic E-state index is 11.5. The van der Waals surface area contributed by atoms with Crippen LogP contribution in [0.5, 0.6) is 0 Å². The molecule has 0 aromatic heterocycles. The molecule has 1 amide bonds. The first kappa shape index (κ1) is 12.8. The lowest BCUT2D eigenvalue weighted by molar-refractivity contribution is -0.124. The van der Waals surface area contributed by atoms with Gasteiger partial charge in [0.15, 0.2) is 0 Å². The summed E-state index contributed by atoms with van der Waals surface area (Å²) in [6.07, 6.45) is 1.03. The smallest absolute Gasteiger partial charge is 0.224 e. The van der Waals surface area contributed by atoms with Crippen LogP contribution >= 0.6 is 11.6 Å². The molecule has 1 fully saturated rings. The second-order valence-corrected chi connectivity index (χ2v) is 6.60. The van der Waals surface area contributed by atoms with Crippen molar-refractivity contribution < 1.29 is 13.2 Å². The minimum Gasteiger partial charge on any atom is -0.353 e. The normalized spacial score (nSPS) is 23.3. The summed E-state index contributed by atoms with van der Waals surface area (Å²) in [5.74, 6) is 0.330. The Morgan fingerprint density at radius 2 is 2.00 bits per heavy atom. The average molecular weight is 254 g/mol. The van der Waals surface area contributed by atoms with Crippen molar-refractivity contribution in [3.63, 3.8) is 0 Å². The van der Waals surface area contributed by atoms with Crippen molar-refractivity contribution in [2.75, 3.05) is 17.4 Å². The topological polar surface area (TPSA) is 63.2 Å². The first-order chi connectivity index (χ1) is 6.94. The molecule has 0 aromatic carbocycles. The van der Waals surface area contributed by atoms with E-state index in [9.17, 15) is 13.2 Å². The fourth-order valence-corrected chi connectivity index (χ4v) is 3.08. The third-order valence-electron chi connectivity index (χ3n) is 2.58. The minimum atomic E-state index is -2.85. The van der Waals surface area contributed by atoms with Gasteiger partial charge in [-0.2, -0.15) is 0 Å². The average Bonchev–Trinajstić information content (AvgIpc) is 2.20. The number of carbonyl (C=O) groups is 1. The molecular weight excluding hydrogens is 238 g/mol.